The van der Waals surface area contributed by atoms with Crippen LogP contribution in [0.15, 0.2) is 39.2 Å². The second kappa shape index (κ2) is 4.75. The van der Waals surface area contributed by atoms with Gasteiger partial charge in [-0.3, -0.25) is 0 Å². The number of rotatable bonds is 3. The summed E-state index contributed by atoms with van der Waals surface area (Å²) in [6.45, 7) is 1.85. The zero-order valence-electron chi connectivity index (χ0n) is 11.1. The van der Waals surface area contributed by atoms with Gasteiger partial charge in [-0.25, -0.2) is 8.42 Å². The topological polar surface area (TPSA) is 62.9 Å². The van der Waals surface area contributed by atoms with Gasteiger partial charge in [-0.15, -0.1) is 11.3 Å². The Kier molecular flexibility index (Phi) is 3.18. The number of nitrogens with zero attached hydrogens (tertiary/aromatic N) is 2. The second-order valence-electron chi connectivity index (χ2n) is 4.73. The Morgan fingerprint density at radius 3 is 2.75 bits per heavy atom. The SMILES string of the molecule is Cc1ccc(C2=NN(S(C)(=O)=O)C(c3cccs3)C2)o1. The fourth-order valence-corrected chi connectivity index (χ4v) is 4.00. The average Bonchev–Trinajstić information content (AvgIpc) is 3.06. The molecule has 1 aliphatic rings. The van der Waals surface area contributed by atoms with Crippen molar-refractivity contribution in [3.63, 3.8) is 0 Å². The summed E-state index contributed by atoms with van der Waals surface area (Å²) in [7, 11) is -3.40. The summed E-state index contributed by atoms with van der Waals surface area (Å²) in [5, 5.41) is 6.19. The van der Waals surface area contributed by atoms with Gasteiger partial charge in [0, 0.05) is 11.3 Å². The summed E-state index contributed by atoms with van der Waals surface area (Å²) in [4.78, 5) is 0.984. The van der Waals surface area contributed by atoms with E-state index in [1.807, 2.05) is 36.6 Å². The molecule has 0 N–H and O–H groups in total. The van der Waals surface area contributed by atoms with E-state index in [-0.39, 0.29) is 6.04 Å². The molecule has 3 heterocycles. The van der Waals surface area contributed by atoms with Gasteiger partial charge < -0.3 is 4.42 Å². The van der Waals surface area contributed by atoms with Crippen LogP contribution in [0.4, 0.5) is 0 Å². The highest BCUT2D eigenvalue weighted by molar-refractivity contribution is 7.88. The number of furan rings is 1. The summed E-state index contributed by atoms with van der Waals surface area (Å²) in [5.74, 6) is 1.42. The summed E-state index contributed by atoms with van der Waals surface area (Å²) in [5.41, 5.74) is 0.668. The van der Waals surface area contributed by atoms with Crippen LogP contribution in [0.2, 0.25) is 0 Å². The van der Waals surface area contributed by atoms with Crippen LogP contribution in [0.5, 0.6) is 0 Å². The molecule has 0 spiro atoms. The third-order valence-electron chi connectivity index (χ3n) is 3.11. The molecule has 0 saturated carbocycles. The molecule has 1 aliphatic heterocycles. The number of hydrogen-bond donors (Lipinski definition) is 0. The van der Waals surface area contributed by atoms with Crippen LogP contribution in [0.1, 0.15) is 28.9 Å². The molecule has 1 atom stereocenters. The van der Waals surface area contributed by atoms with Crippen LogP contribution in [-0.4, -0.2) is 24.8 Å². The van der Waals surface area contributed by atoms with Gasteiger partial charge in [0.2, 0.25) is 10.0 Å². The molecule has 3 rings (SSSR count). The van der Waals surface area contributed by atoms with Crippen molar-refractivity contribution in [2.75, 3.05) is 6.26 Å². The van der Waals surface area contributed by atoms with E-state index in [0.717, 1.165) is 10.6 Å². The Morgan fingerprint density at radius 1 is 1.40 bits per heavy atom. The number of thiophene rings is 1. The van der Waals surface area contributed by atoms with Gasteiger partial charge >= 0.3 is 0 Å². The summed E-state index contributed by atoms with van der Waals surface area (Å²) in [6, 6.07) is 7.24. The third-order valence-corrected chi connectivity index (χ3v) is 5.10. The van der Waals surface area contributed by atoms with E-state index in [9.17, 15) is 8.42 Å². The van der Waals surface area contributed by atoms with Gasteiger partial charge in [0.05, 0.1) is 6.26 Å². The van der Waals surface area contributed by atoms with Crippen molar-refractivity contribution in [3.05, 3.63) is 46.0 Å². The highest BCUT2D eigenvalue weighted by Crippen LogP contribution is 2.36. The van der Waals surface area contributed by atoms with Gasteiger partial charge in [-0.1, -0.05) is 6.07 Å². The molecule has 0 saturated heterocycles. The normalized spacial score (nSPS) is 19.4. The first-order valence-electron chi connectivity index (χ1n) is 6.12. The van der Waals surface area contributed by atoms with Crippen molar-refractivity contribution >= 4 is 27.1 Å². The highest BCUT2D eigenvalue weighted by atomic mass is 32.2. The van der Waals surface area contributed by atoms with Crippen molar-refractivity contribution in [1.82, 2.24) is 4.41 Å². The lowest BCUT2D eigenvalue weighted by Crippen LogP contribution is -2.25. The number of aryl methyl sites for hydroxylation is 1. The van der Waals surface area contributed by atoms with E-state index < -0.39 is 10.0 Å². The first-order chi connectivity index (χ1) is 9.45. The molecule has 0 amide bonds. The number of sulfonamides is 1. The largest absolute Gasteiger partial charge is 0.460 e. The maximum Gasteiger partial charge on any atom is 0.247 e. The summed E-state index contributed by atoms with van der Waals surface area (Å²) < 4.78 is 30.6. The van der Waals surface area contributed by atoms with Gasteiger partial charge in [0.25, 0.3) is 0 Å². The maximum absolute atomic E-state index is 11.9. The summed E-state index contributed by atoms with van der Waals surface area (Å²) in [6.07, 6.45) is 1.70. The van der Waals surface area contributed by atoms with Crippen molar-refractivity contribution in [3.8, 4) is 0 Å². The first-order valence-corrected chi connectivity index (χ1v) is 8.85. The molecular weight excluding hydrogens is 296 g/mol. The van der Waals surface area contributed by atoms with Crippen molar-refractivity contribution in [1.29, 1.82) is 0 Å². The molecular formula is C13H14N2O3S2. The summed E-state index contributed by atoms with van der Waals surface area (Å²) >= 11 is 1.53. The maximum atomic E-state index is 11.9. The zero-order chi connectivity index (χ0) is 14.3. The minimum Gasteiger partial charge on any atom is -0.460 e. The van der Waals surface area contributed by atoms with Crippen LogP contribution in [0.3, 0.4) is 0 Å². The Morgan fingerprint density at radius 2 is 2.20 bits per heavy atom. The minimum atomic E-state index is -3.40. The molecule has 0 radical (unpaired) electrons. The second-order valence-corrected chi connectivity index (χ2v) is 7.55. The van der Waals surface area contributed by atoms with E-state index in [1.165, 1.54) is 22.0 Å². The van der Waals surface area contributed by atoms with Crippen molar-refractivity contribution in [2.24, 2.45) is 5.10 Å². The fraction of sp³-hybridized carbons (Fsp3) is 0.308. The zero-order valence-corrected chi connectivity index (χ0v) is 12.7. The average molecular weight is 310 g/mol. The van der Waals surface area contributed by atoms with Gasteiger partial charge in [-0.2, -0.15) is 9.52 Å². The Labute approximate surface area is 121 Å². The molecule has 5 nitrogen and oxygen atoms in total. The monoisotopic (exact) mass is 310 g/mol. The Hall–Kier alpha value is -1.60. The van der Waals surface area contributed by atoms with E-state index >= 15 is 0 Å². The van der Waals surface area contributed by atoms with Gasteiger partial charge in [0.15, 0.2) is 0 Å². The Bertz CT molecular complexity index is 744. The molecule has 0 aromatic carbocycles. The predicted molar refractivity (Wildman–Crippen MR) is 78.3 cm³/mol. The quantitative estimate of drug-likeness (QED) is 0.875. The van der Waals surface area contributed by atoms with Crippen molar-refractivity contribution < 1.29 is 12.8 Å². The number of hydrazone groups is 1. The van der Waals surface area contributed by atoms with Crippen molar-refractivity contribution in [2.45, 2.75) is 19.4 Å². The third kappa shape index (κ3) is 2.38. The fourth-order valence-electron chi connectivity index (χ4n) is 2.23. The van der Waals surface area contributed by atoms with Crippen LogP contribution in [-0.2, 0) is 10.0 Å². The van der Waals surface area contributed by atoms with E-state index in [1.54, 1.807) is 0 Å². The molecule has 1 unspecified atom stereocenters. The first kappa shape index (κ1) is 13.4. The van der Waals surface area contributed by atoms with Crippen LogP contribution < -0.4 is 0 Å². The lowest BCUT2D eigenvalue weighted by atomic mass is 10.1. The molecule has 2 aromatic rings. The molecule has 20 heavy (non-hydrogen) atoms. The molecule has 0 fully saturated rings. The standard InChI is InChI=1S/C13H14N2O3S2/c1-9-5-6-12(18-9)10-8-11(13-4-3-7-19-13)15(14-10)20(2,16)17/h3-7,11H,8H2,1-2H3. The van der Waals surface area contributed by atoms with Crippen LogP contribution in [0, 0.1) is 6.92 Å². The molecule has 7 heteroatoms. The van der Waals surface area contributed by atoms with E-state index in [0.29, 0.717) is 17.9 Å². The lowest BCUT2D eigenvalue weighted by Gasteiger charge is -2.19. The molecule has 0 aliphatic carbocycles. The van der Waals surface area contributed by atoms with E-state index in [4.69, 9.17) is 4.42 Å². The molecule has 2 aromatic heterocycles. The van der Waals surface area contributed by atoms with Gasteiger partial charge in [-0.05, 0) is 30.5 Å². The van der Waals surface area contributed by atoms with E-state index in [2.05, 4.69) is 5.10 Å². The smallest absolute Gasteiger partial charge is 0.247 e. The lowest BCUT2D eigenvalue weighted by molar-refractivity contribution is 0.379. The number of hydrogen-bond acceptors (Lipinski definition) is 5. The van der Waals surface area contributed by atoms with Gasteiger partial charge in [0.1, 0.15) is 23.3 Å². The highest BCUT2D eigenvalue weighted by Gasteiger charge is 2.35. The predicted octanol–water partition coefficient (Wildman–Crippen LogP) is 2.76. The molecule has 0 bridgehead atoms. The van der Waals surface area contributed by atoms with Crippen LogP contribution in [0.25, 0.3) is 0 Å². The minimum absolute atomic E-state index is 0.273. The van der Waals surface area contributed by atoms with Crippen LogP contribution >= 0.6 is 11.3 Å². The molecule has 106 valence electrons. The Balaban J connectivity index is 2.00.